The smallest absolute Gasteiger partial charge is 0.251 e. The fourth-order valence-corrected chi connectivity index (χ4v) is 5.39. The molecule has 24 heavy (non-hydrogen) atoms. The summed E-state index contributed by atoms with van der Waals surface area (Å²) >= 11 is 1.47. The molecule has 0 aliphatic heterocycles. The number of carbonyl (C=O) groups excluding carboxylic acids is 1. The van der Waals surface area contributed by atoms with Crippen molar-refractivity contribution < 1.29 is 13.2 Å². The highest BCUT2D eigenvalue weighted by Crippen LogP contribution is 2.40. The van der Waals surface area contributed by atoms with Crippen LogP contribution in [-0.2, 0) is 15.6 Å². The molecule has 1 heterocycles. The molecule has 6 nitrogen and oxygen atoms in total. The predicted molar refractivity (Wildman–Crippen MR) is 92.4 cm³/mol. The van der Waals surface area contributed by atoms with E-state index < -0.39 is 15.6 Å². The third-order valence-corrected chi connectivity index (χ3v) is 6.81. The topological polar surface area (TPSA) is 88.2 Å². The van der Waals surface area contributed by atoms with Crippen LogP contribution in [0, 0.1) is 0 Å². The van der Waals surface area contributed by atoms with E-state index in [4.69, 9.17) is 0 Å². The third-order valence-electron chi connectivity index (χ3n) is 4.28. The number of benzene rings is 1. The first kappa shape index (κ1) is 17.1. The number of hydrogen-bond acceptors (Lipinski definition) is 5. The molecule has 1 aromatic heterocycles. The number of sulfonamides is 1. The van der Waals surface area contributed by atoms with Crippen LogP contribution in [0.4, 0.5) is 0 Å². The summed E-state index contributed by atoms with van der Waals surface area (Å²) < 4.78 is 28.5. The maximum Gasteiger partial charge on any atom is 0.251 e. The molecular weight excluding hydrogens is 346 g/mol. The minimum atomic E-state index is -3.69. The summed E-state index contributed by atoms with van der Waals surface area (Å²) in [7, 11) is -2.16. The fourth-order valence-electron chi connectivity index (χ4n) is 3.04. The zero-order valence-corrected chi connectivity index (χ0v) is 14.9. The van der Waals surface area contributed by atoms with Crippen LogP contribution in [0.3, 0.4) is 0 Å². The summed E-state index contributed by atoms with van der Waals surface area (Å²) in [5, 5.41) is 5.19. The van der Waals surface area contributed by atoms with E-state index in [1.807, 2.05) is 5.38 Å². The first-order valence-electron chi connectivity index (χ1n) is 7.73. The van der Waals surface area contributed by atoms with Crippen LogP contribution >= 0.6 is 11.3 Å². The van der Waals surface area contributed by atoms with Gasteiger partial charge in [0.05, 0.1) is 10.4 Å². The molecule has 1 amide bonds. The number of hydrogen-bond donors (Lipinski definition) is 2. The van der Waals surface area contributed by atoms with Crippen molar-refractivity contribution >= 4 is 27.3 Å². The van der Waals surface area contributed by atoms with Crippen molar-refractivity contribution in [1.82, 2.24) is 15.0 Å². The standard InChI is InChI=1S/C16H19N3O3S2/c1-17-14(20)12-4-6-13(7-5-12)24(21,22)19-16(8-2-3-9-16)15-18-10-11-23-15/h4-7,10-11,19H,2-3,8-9H2,1H3,(H,17,20). The van der Waals surface area contributed by atoms with Gasteiger partial charge in [-0.05, 0) is 37.1 Å². The van der Waals surface area contributed by atoms with E-state index >= 15 is 0 Å². The fraction of sp³-hybridized carbons (Fsp3) is 0.375. The average molecular weight is 365 g/mol. The number of carbonyl (C=O) groups is 1. The van der Waals surface area contributed by atoms with Crippen molar-refractivity contribution in [3.8, 4) is 0 Å². The molecule has 0 spiro atoms. The Morgan fingerprint density at radius 3 is 2.42 bits per heavy atom. The molecule has 1 saturated carbocycles. The molecule has 0 atom stereocenters. The van der Waals surface area contributed by atoms with Gasteiger partial charge >= 0.3 is 0 Å². The number of nitrogens with zero attached hydrogens (tertiary/aromatic N) is 1. The molecule has 1 aromatic carbocycles. The number of amides is 1. The Hall–Kier alpha value is -1.77. The highest BCUT2D eigenvalue weighted by atomic mass is 32.2. The van der Waals surface area contributed by atoms with Crippen LogP contribution in [0.15, 0.2) is 40.7 Å². The molecule has 0 bridgehead atoms. The Bertz CT molecular complexity index is 809. The van der Waals surface area contributed by atoms with Gasteiger partial charge in [0.25, 0.3) is 5.91 Å². The minimum absolute atomic E-state index is 0.151. The lowest BCUT2D eigenvalue weighted by Crippen LogP contribution is -2.43. The first-order chi connectivity index (χ1) is 11.5. The summed E-state index contributed by atoms with van der Waals surface area (Å²) in [4.78, 5) is 16.1. The van der Waals surface area contributed by atoms with E-state index in [0.717, 1.165) is 30.7 Å². The Morgan fingerprint density at radius 1 is 1.21 bits per heavy atom. The van der Waals surface area contributed by atoms with Crippen LogP contribution < -0.4 is 10.0 Å². The minimum Gasteiger partial charge on any atom is -0.355 e. The van der Waals surface area contributed by atoms with E-state index in [1.54, 1.807) is 6.20 Å². The van der Waals surface area contributed by atoms with Gasteiger partial charge < -0.3 is 5.32 Å². The third kappa shape index (κ3) is 3.22. The summed E-state index contributed by atoms with van der Waals surface area (Å²) in [5.74, 6) is -0.248. The Morgan fingerprint density at radius 2 is 1.88 bits per heavy atom. The zero-order valence-electron chi connectivity index (χ0n) is 13.3. The first-order valence-corrected chi connectivity index (χ1v) is 10.1. The highest BCUT2D eigenvalue weighted by molar-refractivity contribution is 7.89. The molecule has 8 heteroatoms. The van der Waals surface area contributed by atoms with Crippen molar-refractivity contribution in [2.24, 2.45) is 0 Å². The van der Waals surface area contributed by atoms with Crippen molar-refractivity contribution in [2.45, 2.75) is 36.1 Å². The van der Waals surface area contributed by atoms with Gasteiger partial charge in [-0.1, -0.05) is 12.8 Å². The monoisotopic (exact) mass is 365 g/mol. The van der Waals surface area contributed by atoms with Gasteiger partial charge in [-0.2, -0.15) is 4.72 Å². The molecule has 2 N–H and O–H groups in total. The summed E-state index contributed by atoms with van der Waals surface area (Å²) in [6.45, 7) is 0. The molecule has 1 fully saturated rings. The van der Waals surface area contributed by atoms with E-state index in [9.17, 15) is 13.2 Å². The van der Waals surface area contributed by atoms with Crippen LogP contribution in [0.25, 0.3) is 0 Å². The van der Waals surface area contributed by atoms with Gasteiger partial charge in [0, 0.05) is 24.2 Å². The van der Waals surface area contributed by atoms with Gasteiger partial charge in [-0.15, -0.1) is 11.3 Å². The van der Waals surface area contributed by atoms with Crippen molar-refractivity contribution in [1.29, 1.82) is 0 Å². The normalized spacial score (nSPS) is 16.9. The largest absolute Gasteiger partial charge is 0.355 e. The highest BCUT2D eigenvalue weighted by Gasteiger charge is 2.41. The second-order valence-electron chi connectivity index (χ2n) is 5.84. The molecule has 1 aliphatic carbocycles. The maximum absolute atomic E-state index is 12.8. The lowest BCUT2D eigenvalue weighted by Gasteiger charge is -2.27. The van der Waals surface area contributed by atoms with Crippen molar-refractivity contribution in [3.63, 3.8) is 0 Å². The van der Waals surface area contributed by atoms with E-state index in [-0.39, 0.29) is 10.8 Å². The molecular formula is C16H19N3O3S2. The maximum atomic E-state index is 12.8. The van der Waals surface area contributed by atoms with Gasteiger partial charge in [0.1, 0.15) is 5.01 Å². The van der Waals surface area contributed by atoms with Gasteiger partial charge in [0.15, 0.2) is 0 Å². The molecule has 0 unspecified atom stereocenters. The quantitative estimate of drug-likeness (QED) is 0.851. The van der Waals surface area contributed by atoms with Gasteiger partial charge in [-0.3, -0.25) is 4.79 Å². The van der Waals surface area contributed by atoms with Crippen LogP contribution in [-0.4, -0.2) is 26.4 Å². The lowest BCUT2D eigenvalue weighted by molar-refractivity contribution is 0.0963. The van der Waals surface area contributed by atoms with Crippen molar-refractivity contribution in [2.75, 3.05) is 7.05 Å². The Labute approximate surface area is 145 Å². The summed E-state index contributed by atoms with van der Waals surface area (Å²) in [6.07, 6.45) is 5.13. The molecule has 1 aliphatic rings. The van der Waals surface area contributed by atoms with Gasteiger partial charge in [-0.25, -0.2) is 13.4 Å². The van der Waals surface area contributed by atoms with Crippen LogP contribution in [0.2, 0.25) is 0 Å². The number of rotatable bonds is 5. The average Bonchev–Trinajstić information content (AvgIpc) is 3.26. The Balaban J connectivity index is 1.89. The van der Waals surface area contributed by atoms with E-state index in [0.29, 0.717) is 5.56 Å². The lowest BCUT2D eigenvalue weighted by atomic mass is 10.0. The number of thiazole rings is 1. The number of aromatic nitrogens is 1. The van der Waals surface area contributed by atoms with Crippen LogP contribution in [0.1, 0.15) is 41.0 Å². The van der Waals surface area contributed by atoms with Crippen LogP contribution in [0.5, 0.6) is 0 Å². The van der Waals surface area contributed by atoms with E-state index in [2.05, 4.69) is 15.0 Å². The summed E-state index contributed by atoms with van der Waals surface area (Å²) in [6, 6.07) is 5.94. The molecule has 0 saturated heterocycles. The molecule has 0 radical (unpaired) electrons. The second kappa shape index (κ2) is 6.62. The SMILES string of the molecule is CNC(=O)c1ccc(S(=O)(=O)NC2(c3nccs3)CCCC2)cc1. The molecule has 3 rings (SSSR count). The predicted octanol–water partition coefficient (Wildman–Crippen LogP) is 2.25. The summed E-state index contributed by atoms with van der Waals surface area (Å²) in [5.41, 5.74) is -0.195. The second-order valence-corrected chi connectivity index (χ2v) is 8.41. The number of nitrogens with one attached hydrogen (secondary N) is 2. The van der Waals surface area contributed by atoms with Crippen molar-refractivity contribution in [3.05, 3.63) is 46.4 Å². The molecule has 128 valence electrons. The van der Waals surface area contributed by atoms with E-state index in [1.165, 1.54) is 42.6 Å². The molecule has 2 aromatic rings. The zero-order chi connectivity index (χ0) is 17.2. The van der Waals surface area contributed by atoms with Gasteiger partial charge in [0.2, 0.25) is 10.0 Å². The Kier molecular flexibility index (Phi) is 4.71.